The Balaban J connectivity index is 1.48. The average molecular weight is 487 g/mol. The summed E-state index contributed by atoms with van der Waals surface area (Å²) in [6.45, 7) is 7.82. The Labute approximate surface area is 211 Å². The van der Waals surface area contributed by atoms with E-state index in [2.05, 4.69) is 30.9 Å². The number of nitrogens with zero attached hydrogens (tertiary/aromatic N) is 1. The summed E-state index contributed by atoms with van der Waals surface area (Å²) in [6, 6.07) is 4.65. The molecule has 6 nitrogen and oxygen atoms in total. The number of methoxy groups -OCH3 is 2. The highest BCUT2D eigenvalue weighted by molar-refractivity contribution is 5.70. The van der Waals surface area contributed by atoms with Gasteiger partial charge in [-0.1, -0.05) is 33.1 Å². The lowest BCUT2D eigenvalue weighted by molar-refractivity contribution is -0.150. The van der Waals surface area contributed by atoms with E-state index in [1.54, 1.807) is 14.2 Å². The molecular formula is C29H46N2O4. The summed E-state index contributed by atoms with van der Waals surface area (Å²) in [5.41, 5.74) is 8.78. The first-order chi connectivity index (χ1) is 16.9. The first-order valence-corrected chi connectivity index (χ1v) is 13.7. The van der Waals surface area contributed by atoms with Gasteiger partial charge < -0.3 is 19.9 Å². The van der Waals surface area contributed by atoms with E-state index in [1.807, 2.05) is 0 Å². The van der Waals surface area contributed by atoms with Crippen molar-refractivity contribution in [3.8, 4) is 11.5 Å². The highest BCUT2D eigenvalue weighted by Gasteiger charge is 2.40. The van der Waals surface area contributed by atoms with Gasteiger partial charge in [-0.3, -0.25) is 9.69 Å². The first kappa shape index (κ1) is 26.3. The lowest BCUT2D eigenvalue weighted by Gasteiger charge is -2.47. The molecule has 1 aromatic carbocycles. The van der Waals surface area contributed by atoms with Crippen LogP contribution in [0.25, 0.3) is 0 Å². The topological polar surface area (TPSA) is 74.0 Å². The van der Waals surface area contributed by atoms with E-state index < -0.39 is 0 Å². The number of benzene rings is 1. The molecule has 2 N–H and O–H groups in total. The minimum atomic E-state index is -0.0569. The second-order valence-electron chi connectivity index (χ2n) is 11.7. The van der Waals surface area contributed by atoms with Gasteiger partial charge >= 0.3 is 5.97 Å². The Morgan fingerprint density at radius 2 is 1.83 bits per heavy atom. The molecule has 0 amide bonds. The van der Waals surface area contributed by atoms with Crippen LogP contribution in [0.2, 0.25) is 0 Å². The summed E-state index contributed by atoms with van der Waals surface area (Å²) in [6.07, 6.45) is 9.39. The van der Waals surface area contributed by atoms with Gasteiger partial charge in [0, 0.05) is 19.1 Å². The standard InChI is InChI=1S/C29H46N2O4/c1-20(2)12-22-17-31-11-8-21-14-26(33-3)27(34-4)15-24(21)25(31)13-23(22)18-35-28(32)16-29(19-30)9-6-5-7-10-29/h14-15,20,22-23,25H,5-13,16-19,30H2,1-4H3/t22-,23+,25-/m1/s1. The number of rotatable bonds is 9. The molecule has 1 aromatic rings. The van der Waals surface area contributed by atoms with E-state index >= 15 is 0 Å². The minimum absolute atomic E-state index is 0.0477. The van der Waals surface area contributed by atoms with Crippen LogP contribution >= 0.6 is 0 Å². The normalized spacial score (nSPS) is 26.1. The van der Waals surface area contributed by atoms with E-state index in [1.165, 1.54) is 30.4 Å². The molecule has 3 aliphatic rings. The zero-order valence-corrected chi connectivity index (χ0v) is 22.3. The lowest BCUT2D eigenvalue weighted by Crippen LogP contribution is -2.47. The molecule has 0 bridgehead atoms. The number of hydrogen-bond acceptors (Lipinski definition) is 6. The number of carbonyl (C=O) groups is 1. The van der Waals surface area contributed by atoms with Crippen molar-refractivity contribution in [2.45, 2.75) is 77.7 Å². The van der Waals surface area contributed by atoms with Crippen LogP contribution in [0, 0.1) is 23.2 Å². The summed E-state index contributed by atoms with van der Waals surface area (Å²) >= 11 is 0. The van der Waals surface area contributed by atoms with Crippen molar-refractivity contribution < 1.29 is 19.0 Å². The maximum absolute atomic E-state index is 13.0. The van der Waals surface area contributed by atoms with E-state index in [0.29, 0.717) is 43.4 Å². The zero-order valence-electron chi connectivity index (χ0n) is 22.3. The van der Waals surface area contributed by atoms with Crippen molar-refractivity contribution in [1.82, 2.24) is 4.90 Å². The number of nitrogens with two attached hydrogens (primary N) is 1. The van der Waals surface area contributed by atoms with Crippen LogP contribution in [0.3, 0.4) is 0 Å². The fourth-order valence-electron chi connectivity index (χ4n) is 6.89. The molecule has 35 heavy (non-hydrogen) atoms. The van der Waals surface area contributed by atoms with E-state index in [0.717, 1.165) is 56.7 Å². The fourth-order valence-corrected chi connectivity index (χ4v) is 6.89. The second kappa shape index (κ2) is 11.5. The highest BCUT2D eigenvalue weighted by atomic mass is 16.5. The minimum Gasteiger partial charge on any atom is -0.493 e. The number of hydrogen-bond donors (Lipinski definition) is 1. The average Bonchev–Trinajstić information content (AvgIpc) is 2.86. The number of piperidine rings is 1. The molecule has 4 rings (SSSR count). The molecular weight excluding hydrogens is 440 g/mol. The predicted molar refractivity (Wildman–Crippen MR) is 139 cm³/mol. The molecule has 1 saturated carbocycles. The van der Waals surface area contributed by atoms with Crippen LogP contribution in [0.1, 0.15) is 82.4 Å². The molecule has 1 saturated heterocycles. The van der Waals surface area contributed by atoms with E-state index in [9.17, 15) is 4.79 Å². The summed E-state index contributed by atoms with van der Waals surface area (Å²) in [5.74, 6) is 3.06. The molecule has 196 valence electrons. The summed E-state index contributed by atoms with van der Waals surface area (Å²) in [7, 11) is 3.40. The van der Waals surface area contributed by atoms with Crippen molar-refractivity contribution in [1.29, 1.82) is 0 Å². The second-order valence-corrected chi connectivity index (χ2v) is 11.7. The number of fused-ring (bicyclic) bond motifs is 3. The molecule has 6 heteroatoms. The van der Waals surface area contributed by atoms with Gasteiger partial charge in [-0.05, 0) is 85.1 Å². The van der Waals surface area contributed by atoms with Crippen LogP contribution in [0.5, 0.6) is 11.5 Å². The number of esters is 1. The molecule has 0 radical (unpaired) electrons. The third-order valence-electron chi connectivity index (χ3n) is 8.87. The van der Waals surface area contributed by atoms with Gasteiger partial charge in [-0.15, -0.1) is 0 Å². The third-order valence-corrected chi connectivity index (χ3v) is 8.87. The Morgan fingerprint density at radius 1 is 1.11 bits per heavy atom. The van der Waals surface area contributed by atoms with Crippen LogP contribution in [0.15, 0.2) is 12.1 Å². The molecule has 2 aliphatic heterocycles. The fraction of sp³-hybridized carbons (Fsp3) is 0.759. The van der Waals surface area contributed by atoms with Crippen LogP contribution in [-0.4, -0.2) is 51.3 Å². The Hall–Kier alpha value is -1.79. The number of ether oxygens (including phenoxy) is 3. The first-order valence-electron chi connectivity index (χ1n) is 13.7. The largest absolute Gasteiger partial charge is 0.493 e. The molecule has 2 heterocycles. The molecule has 3 atom stereocenters. The van der Waals surface area contributed by atoms with Gasteiger partial charge in [0.25, 0.3) is 0 Å². The van der Waals surface area contributed by atoms with Gasteiger partial charge in [0.15, 0.2) is 11.5 Å². The van der Waals surface area contributed by atoms with Gasteiger partial charge in [0.2, 0.25) is 0 Å². The Morgan fingerprint density at radius 3 is 2.49 bits per heavy atom. The smallest absolute Gasteiger partial charge is 0.306 e. The number of carbonyl (C=O) groups excluding carboxylic acids is 1. The summed E-state index contributed by atoms with van der Waals surface area (Å²) < 4.78 is 17.2. The van der Waals surface area contributed by atoms with Gasteiger partial charge in [0.05, 0.1) is 27.2 Å². The lowest BCUT2D eigenvalue weighted by atomic mass is 9.72. The maximum atomic E-state index is 13.0. The molecule has 0 unspecified atom stereocenters. The monoisotopic (exact) mass is 486 g/mol. The third kappa shape index (κ3) is 5.96. The zero-order chi connectivity index (χ0) is 25.0. The van der Waals surface area contributed by atoms with Crippen molar-refractivity contribution >= 4 is 5.97 Å². The predicted octanol–water partition coefficient (Wildman–Crippen LogP) is 5.13. The summed E-state index contributed by atoms with van der Waals surface area (Å²) in [5, 5.41) is 0. The van der Waals surface area contributed by atoms with Crippen molar-refractivity contribution in [3.63, 3.8) is 0 Å². The highest BCUT2D eigenvalue weighted by Crippen LogP contribution is 2.46. The van der Waals surface area contributed by atoms with Crippen molar-refractivity contribution in [2.24, 2.45) is 28.9 Å². The SMILES string of the molecule is COc1cc2c(cc1OC)[C@H]1C[C@@H](COC(=O)CC3(CN)CCCCC3)[C@H](CC(C)C)CN1CC2. The van der Waals surface area contributed by atoms with Gasteiger partial charge in [-0.25, -0.2) is 0 Å². The quantitative estimate of drug-likeness (QED) is 0.488. The maximum Gasteiger partial charge on any atom is 0.306 e. The molecule has 1 aliphatic carbocycles. The molecule has 2 fully saturated rings. The van der Waals surface area contributed by atoms with Crippen LogP contribution < -0.4 is 15.2 Å². The van der Waals surface area contributed by atoms with Crippen molar-refractivity contribution in [2.75, 3.05) is 40.5 Å². The van der Waals surface area contributed by atoms with Crippen LogP contribution in [0.4, 0.5) is 0 Å². The Kier molecular flexibility index (Phi) is 8.64. The Bertz CT molecular complexity index is 864. The van der Waals surface area contributed by atoms with Gasteiger partial charge in [0.1, 0.15) is 0 Å². The van der Waals surface area contributed by atoms with Crippen LogP contribution in [-0.2, 0) is 16.0 Å². The van der Waals surface area contributed by atoms with Crippen molar-refractivity contribution in [3.05, 3.63) is 23.3 Å². The summed E-state index contributed by atoms with van der Waals surface area (Å²) in [4.78, 5) is 15.6. The molecule has 0 aromatic heterocycles. The van der Waals surface area contributed by atoms with E-state index in [4.69, 9.17) is 19.9 Å². The van der Waals surface area contributed by atoms with E-state index in [-0.39, 0.29) is 11.4 Å². The molecule has 0 spiro atoms. The van der Waals surface area contributed by atoms with Gasteiger partial charge in [-0.2, -0.15) is 0 Å².